The van der Waals surface area contributed by atoms with E-state index in [1.54, 1.807) is 0 Å². The lowest BCUT2D eigenvalue weighted by molar-refractivity contribution is 0.590. The quantitative estimate of drug-likeness (QED) is 0.144. The maximum atomic E-state index is 13.6. The molecule has 0 aliphatic carbocycles. The molecule has 0 unspecified atom stereocenters. The molecule has 6 heterocycles. The molecule has 508 valence electrons. The van der Waals surface area contributed by atoms with Crippen molar-refractivity contribution in [3.8, 4) is 73.3 Å². The molecule has 0 aliphatic heterocycles. The lowest BCUT2D eigenvalue weighted by Gasteiger charge is -2.25. The molecule has 0 saturated carbocycles. The average Bonchev–Trinajstić information content (AvgIpc) is 1.58. The Balaban J connectivity index is 1.06. The van der Waals surface area contributed by atoms with Crippen LogP contribution in [0, 0.1) is 11.3 Å². The molecular weight excluding hydrogens is 1280 g/mol. The van der Waals surface area contributed by atoms with Crippen molar-refractivity contribution in [3.63, 3.8) is 0 Å². The van der Waals surface area contributed by atoms with Gasteiger partial charge in [-0.15, -0.1) is 0 Å². The molecule has 9 nitrogen and oxygen atoms in total. The van der Waals surface area contributed by atoms with Crippen molar-refractivity contribution < 1.29 is 0 Å². The van der Waals surface area contributed by atoms with Gasteiger partial charge in [-0.05, 0) is 192 Å². The molecule has 13 aromatic carbocycles. The van der Waals surface area contributed by atoms with Gasteiger partial charge in [-0.2, -0.15) is 5.26 Å². The van der Waals surface area contributed by atoms with E-state index < -0.39 is 0 Å². The third-order valence-corrected chi connectivity index (χ3v) is 22.1. The van der Waals surface area contributed by atoms with Crippen LogP contribution in [0.2, 0.25) is 0 Å². The zero-order valence-electron chi connectivity index (χ0n) is 61.1. The van der Waals surface area contributed by atoms with Gasteiger partial charge in [0.15, 0.2) is 0 Å². The van der Waals surface area contributed by atoms with Crippen LogP contribution in [-0.4, -0.2) is 37.0 Å². The van der Waals surface area contributed by atoms with E-state index in [-0.39, 0.29) is 22.2 Å². The number of aromatic nitrogens is 8. The number of rotatable bonds is 9. The summed E-state index contributed by atoms with van der Waals surface area (Å²) in [6.45, 7) is 25.3. The van der Waals surface area contributed by atoms with Crippen LogP contribution in [0.1, 0.15) is 110 Å². The third-order valence-electron chi connectivity index (χ3n) is 22.1. The van der Waals surface area contributed by atoms with Crippen LogP contribution >= 0.6 is 0 Å². The summed E-state index contributed by atoms with van der Waals surface area (Å²) in [5.74, 6) is 1.60. The van der Waals surface area contributed by atoms with Gasteiger partial charge >= 0.3 is 0 Å². The highest BCUT2D eigenvalue weighted by Gasteiger charge is 2.34. The Kier molecular flexibility index (Phi) is 14.0. The summed E-state index contributed by atoms with van der Waals surface area (Å²) in [5.41, 5.74) is 27.8. The molecular formula is C96H79N9. The molecule has 19 aromatic rings. The molecule has 0 fully saturated rings. The fraction of sp³-hybridized carbons (Fsp3) is 0.156. The molecule has 0 amide bonds. The molecule has 0 N–H and O–H groups in total. The predicted octanol–water partition coefficient (Wildman–Crippen LogP) is 24.9. The SMILES string of the molecule is CC(C)c1ccc2c(c1)c1cc(C(C)(C)C)ccc1n2-c1cc(-n2c3ccc(C(C)(C)C)cc3c3cc(C(C)(C)C)ccc32)c(-n2c3ccc(-c4ccccc4)cc3n3c4cc(-c5ccccc5)ccc4nc23)c(C#N)c1-n1c2ccc(-c3ccccc3)cc2n2c3cc(-c4ccccc4)ccc3nc12. The number of imidazole rings is 4. The summed E-state index contributed by atoms with van der Waals surface area (Å²) < 4.78 is 14.3. The van der Waals surface area contributed by atoms with Crippen molar-refractivity contribution in [2.45, 2.75) is 98.3 Å². The molecule has 0 saturated heterocycles. The monoisotopic (exact) mass is 1360 g/mol. The number of benzene rings is 13. The van der Waals surface area contributed by atoms with Gasteiger partial charge in [0.25, 0.3) is 0 Å². The topological polar surface area (TPSA) is 78.1 Å². The van der Waals surface area contributed by atoms with Crippen molar-refractivity contribution in [2.24, 2.45) is 0 Å². The largest absolute Gasteiger partial charge is 0.307 e. The van der Waals surface area contributed by atoms with Crippen LogP contribution in [0.3, 0.4) is 0 Å². The van der Waals surface area contributed by atoms with Crippen molar-refractivity contribution in [1.82, 2.24) is 37.0 Å². The Labute approximate surface area is 610 Å². The normalized spacial score (nSPS) is 12.6. The first kappa shape index (κ1) is 63.4. The van der Waals surface area contributed by atoms with Crippen LogP contribution in [0.15, 0.2) is 273 Å². The van der Waals surface area contributed by atoms with Crippen molar-refractivity contribution in [2.75, 3.05) is 0 Å². The first-order valence-electron chi connectivity index (χ1n) is 36.7. The van der Waals surface area contributed by atoms with E-state index in [0.29, 0.717) is 28.5 Å². The highest BCUT2D eigenvalue weighted by Crippen LogP contribution is 2.49. The van der Waals surface area contributed by atoms with E-state index >= 15 is 0 Å². The lowest BCUT2D eigenvalue weighted by atomic mass is 9.85. The Morgan fingerprint density at radius 3 is 0.943 bits per heavy atom. The van der Waals surface area contributed by atoms with Crippen molar-refractivity contribution in [1.29, 1.82) is 5.26 Å². The van der Waals surface area contributed by atoms with E-state index in [2.05, 4.69) is 382 Å². The summed E-state index contributed by atoms with van der Waals surface area (Å²) in [7, 11) is 0. The average molecular weight is 1360 g/mol. The van der Waals surface area contributed by atoms with Crippen LogP contribution in [0.25, 0.3) is 167 Å². The number of hydrogen-bond donors (Lipinski definition) is 0. The Morgan fingerprint density at radius 1 is 0.295 bits per heavy atom. The van der Waals surface area contributed by atoms with Gasteiger partial charge in [-0.25, -0.2) is 9.97 Å². The molecule has 0 spiro atoms. The highest BCUT2D eigenvalue weighted by atomic mass is 15.3. The molecule has 9 heteroatoms. The molecule has 19 rings (SSSR count). The predicted molar refractivity (Wildman–Crippen MR) is 438 cm³/mol. The molecule has 0 atom stereocenters. The van der Waals surface area contributed by atoms with Gasteiger partial charge in [0.2, 0.25) is 11.6 Å². The molecule has 0 bridgehead atoms. The first-order valence-corrected chi connectivity index (χ1v) is 36.7. The van der Waals surface area contributed by atoms with Crippen LogP contribution in [0.4, 0.5) is 0 Å². The van der Waals surface area contributed by atoms with Gasteiger partial charge < -0.3 is 9.13 Å². The summed E-state index contributed by atoms with van der Waals surface area (Å²) in [6.07, 6.45) is 0. The maximum Gasteiger partial charge on any atom is 0.220 e. The van der Waals surface area contributed by atoms with Crippen LogP contribution < -0.4 is 0 Å². The summed E-state index contributed by atoms with van der Waals surface area (Å²) in [4.78, 5) is 11.7. The Morgan fingerprint density at radius 2 is 0.610 bits per heavy atom. The molecule has 105 heavy (non-hydrogen) atoms. The summed E-state index contributed by atoms with van der Waals surface area (Å²) in [6, 6.07) is 103. The van der Waals surface area contributed by atoms with Crippen molar-refractivity contribution >= 4 is 99.3 Å². The fourth-order valence-corrected chi connectivity index (χ4v) is 16.5. The number of hydrogen-bond acceptors (Lipinski definition) is 3. The zero-order chi connectivity index (χ0) is 71.7. The first-order chi connectivity index (χ1) is 50.7. The standard InChI is InChI=1S/C96H79N9/c1-58(2)63-34-42-78-71(48-63)72-53-68(94(3,4)5)37-45-79(72)100(78)88-56-89(101-80-46-38-69(95(6,7)8)54-73(80)74-55-70(96(9,10)11)39-47-81(74)101)91(105-83-44-36-67(62-30-22-15-23-31-62)52-87(83)103-85-50-65(60-26-18-13-19-27-60)33-41-77(85)99-93(103)105)75(57-97)90(88)104-82-43-35-66(61-28-20-14-21-29-61)51-86(82)102-84-49-64(59-24-16-12-17-25-59)32-40-76(84)98-92(102)104/h12-56,58H,1-11H3. The van der Waals surface area contributed by atoms with Crippen LogP contribution in [0.5, 0.6) is 0 Å². The van der Waals surface area contributed by atoms with E-state index in [4.69, 9.17) is 9.97 Å². The smallest absolute Gasteiger partial charge is 0.220 e. The minimum absolute atomic E-state index is 0.159. The van der Waals surface area contributed by atoms with Gasteiger partial charge in [0.1, 0.15) is 11.6 Å². The zero-order valence-corrected chi connectivity index (χ0v) is 61.1. The second-order valence-corrected chi connectivity index (χ2v) is 32.1. The fourth-order valence-electron chi connectivity index (χ4n) is 16.5. The lowest BCUT2D eigenvalue weighted by Crippen LogP contribution is -2.14. The minimum atomic E-state index is -0.165. The van der Waals surface area contributed by atoms with E-state index in [1.807, 2.05) is 0 Å². The van der Waals surface area contributed by atoms with E-state index in [1.165, 1.54) is 22.3 Å². The number of nitrogens with zero attached hydrogens (tertiary/aromatic N) is 9. The second kappa shape index (κ2) is 23.3. The second-order valence-electron chi connectivity index (χ2n) is 32.1. The summed E-state index contributed by atoms with van der Waals surface area (Å²) >= 11 is 0. The van der Waals surface area contributed by atoms with Gasteiger partial charge in [-0.1, -0.05) is 246 Å². The van der Waals surface area contributed by atoms with E-state index in [0.717, 1.165) is 144 Å². The highest BCUT2D eigenvalue weighted by molar-refractivity contribution is 6.13. The van der Waals surface area contributed by atoms with Crippen LogP contribution in [-0.2, 0) is 16.2 Å². The van der Waals surface area contributed by atoms with Gasteiger partial charge in [-0.3, -0.25) is 17.9 Å². The Hall–Kier alpha value is -12.5. The van der Waals surface area contributed by atoms with Crippen molar-refractivity contribution in [3.05, 3.63) is 301 Å². The third kappa shape index (κ3) is 9.94. The molecule has 6 aromatic heterocycles. The number of fused-ring (bicyclic) bond motifs is 16. The molecule has 0 aliphatic rings. The summed E-state index contributed by atoms with van der Waals surface area (Å²) in [5, 5.41) is 18.1. The molecule has 0 radical (unpaired) electrons. The maximum absolute atomic E-state index is 13.6. The van der Waals surface area contributed by atoms with E-state index in [9.17, 15) is 5.26 Å². The number of nitriles is 1. The van der Waals surface area contributed by atoms with Gasteiger partial charge in [0, 0.05) is 21.5 Å². The Bertz CT molecular complexity index is 6770. The van der Waals surface area contributed by atoms with Gasteiger partial charge in [0.05, 0.1) is 88.9 Å². The minimum Gasteiger partial charge on any atom is -0.307 e.